The number of nitrogens with two attached hydrogens (primary N) is 1. The Bertz CT molecular complexity index is 480. The Kier molecular flexibility index (Phi) is 5.02. The van der Waals surface area contributed by atoms with E-state index in [0.29, 0.717) is 11.6 Å². The van der Waals surface area contributed by atoms with Crippen molar-refractivity contribution >= 4 is 17.5 Å². The molecular formula is C15H22ClN3O. The second kappa shape index (κ2) is 6.57. The van der Waals surface area contributed by atoms with Crippen LogP contribution in [0.15, 0.2) is 24.3 Å². The lowest BCUT2D eigenvalue weighted by Crippen LogP contribution is -2.57. The molecule has 0 bridgehead atoms. The van der Waals surface area contributed by atoms with Gasteiger partial charge in [-0.3, -0.25) is 9.69 Å². The summed E-state index contributed by atoms with van der Waals surface area (Å²) >= 11 is 6.34. The van der Waals surface area contributed by atoms with Gasteiger partial charge in [-0.15, -0.1) is 0 Å². The molecule has 1 amide bonds. The van der Waals surface area contributed by atoms with E-state index in [4.69, 9.17) is 17.3 Å². The van der Waals surface area contributed by atoms with Crippen molar-refractivity contribution in [2.45, 2.75) is 38.4 Å². The quantitative estimate of drug-likeness (QED) is 0.892. The maximum absolute atomic E-state index is 11.9. The van der Waals surface area contributed by atoms with Crippen LogP contribution in [0.1, 0.15) is 31.9 Å². The lowest BCUT2D eigenvalue weighted by atomic mass is 9.94. The number of rotatable bonds is 4. The minimum absolute atomic E-state index is 0.0326. The van der Waals surface area contributed by atoms with Gasteiger partial charge >= 0.3 is 0 Å². The van der Waals surface area contributed by atoms with Crippen molar-refractivity contribution in [1.82, 2.24) is 10.2 Å². The van der Waals surface area contributed by atoms with Crippen molar-refractivity contribution < 1.29 is 4.79 Å². The molecule has 3 unspecified atom stereocenters. The molecular weight excluding hydrogens is 274 g/mol. The van der Waals surface area contributed by atoms with Crippen molar-refractivity contribution in [3.05, 3.63) is 34.9 Å². The van der Waals surface area contributed by atoms with E-state index in [-0.39, 0.29) is 24.0 Å². The van der Waals surface area contributed by atoms with Crippen LogP contribution in [0.25, 0.3) is 0 Å². The van der Waals surface area contributed by atoms with Crippen LogP contribution in [0.3, 0.4) is 0 Å². The maximum atomic E-state index is 11.9. The summed E-state index contributed by atoms with van der Waals surface area (Å²) in [5.41, 5.74) is 7.33. The van der Waals surface area contributed by atoms with Crippen LogP contribution in [0.4, 0.5) is 0 Å². The Morgan fingerprint density at radius 3 is 2.85 bits per heavy atom. The summed E-state index contributed by atoms with van der Waals surface area (Å²) in [6, 6.07) is 7.47. The predicted molar refractivity (Wildman–Crippen MR) is 81.6 cm³/mol. The summed E-state index contributed by atoms with van der Waals surface area (Å²) in [5, 5.41) is 3.59. The number of nitrogens with zero attached hydrogens (tertiary/aromatic N) is 1. The second-order valence-electron chi connectivity index (χ2n) is 5.24. The largest absolute Gasteiger partial charge is 0.353 e. The average molecular weight is 296 g/mol. The van der Waals surface area contributed by atoms with Crippen molar-refractivity contribution in [3.63, 3.8) is 0 Å². The van der Waals surface area contributed by atoms with Gasteiger partial charge in [0.05, 0.1) is 12.1 Å². The van der Waals surface area contributed by atoms with Gasteiger partial charge in [0.1, 0.15) is 0 Å². The topological polar surface area (TPSA) is 58.4 Å². The summed E-state index contributed by atoms with van der Waals surface area (Å²) in [6.07, 6.45) is 0.834. The molecule has 5 heteroatoms. The minimum Gasteiger partial charge on any atom is -0.353 e. The molecule has 1 aliphatic rings. The van der Waals surface area contributed by atoms with Crippen LogP contribution >= 0.6 is 11.6 Å². The van der Waals surface area contributed by atoms with Crippen LogP contribution in [0.5, 0.6) is 0 Å². The number of hydrogen-bond acceptors (Lipinski definition) is 3. The molecule has 1 aromatic carbocycles. The third kappa shape index (κ3) is 2.97. The van der Waals surface area contributed by atoms with Crippen molar-refractivity contribution in [2.75, 3.05) is 13.1 Å². The summed E-state index contributed by atoms with van der Waals surface area (Å²) in [5.74, 6) is 0.0524. The molecule has 1 saturated heterocycles. The van der Waals surface area contributed by atoms with E-state index >= 15 is 0 Å². The van der Waals surface area contributed by atoms with E-state index in [2.05, 4.69) is 17.1 Å². The number of halogens is 1. The number of carbonyl (C=O) groups excluding carboxylic acids is 1. The second-order valence-corrected chi connectivity index (χ2v) is 5.65. The molecule has 4 nitrogen and oxygen atoms in total. The highest BCUT2D eigenvalue weighted by Crippen LogP contribution is 2.32. The molecule has 0 spiro atoms. The predicted octanol–water partition coefficient (Wildman–Crippen LogP) is 1.94. The van der Waals surface area contributed by atoms with Gasteiger partial charge in [-0.2, -0.15) is 0 Å². The van der Waals surface area contributed by atoms with Crippen LogP contribution in [-0.4, -0.2) is 36.0 Å². The molecule has 110 valence electrons. The first-order chi connectivity index (χ1) is 9.56. The lowest BCUT2D eigenvalue weighted by molar-refractivity contribution is -0.129. The summed E-state index contributed by atoms with van der Waals surface area (Å²) in [7, 11) is 0. The molecule has 0 aromatic heterocycles. The van der Waals surface area contributed by atoms with Gasteiger partial charge in [-0.1, -0.05) is 36.7 Å². The lowest BCUT2D eigenvalue weighted by Gasteiger charge is -2.41. The van der Waals surface area contributed by atoms with Gasteiger partial charge in [0.2, 0.25) is 5.91 Å². The Balaban J connectivity index is 2.38. The third-order valence-electron chi connectivity index (χ3n) is 4.00. The zero-order valence-electron chi connectivity index (χ0n) is 12.0. The molecule has 20 heavy (non-hydrogen) atoms. The number of piperazine rings is 1. The third-order valence-corrected chi connectivity index (χ3v) is 4.35. The molecule has 1 aliphatic heterocycles. The molecule has 2 rings (SSSR count). The van der Waals surface area contributed by atoms with Crippen molar-refractivity contribution in [2.24, 2.45) is 5.73 Å². The fourth-order valence-electron chi connectivity index (χ4n) is 2.77. The molecule has 1 heterocycles. The summed E-state index contributed by atoms with van der Waals surface area (Å²) < 4.78 is 0. The molecule has 0 saturated carbocycles. The van der Waals surface area contributed by atoms with Gasteiger partial charge in [0, 0.05) is 24.2 Å². The zero-order valence-corrected chi connectivity index (χ0v) is 12.7. The average Bonchev–Trinajstić information content (AvgIpc) is 2.45. The van der Waals surface area contributed by atoms with Gasteiger partial charge in [0.25, 0.3) is 0 Å². The molecule has 3 atom stereocenters. The van der Waals surface area contributed by atoms with Gasteiger partial charge in [0.15, 0.2) is 0 Å². The SMILES string of the molecule is CCC(N)C(c1ccccc1Cl)N1CCNC(=O)C1C. The fraction of sp³-hybridized carbons (Fsp3) is 0.533. The Labute approximate surface area is 125 Å². The first-order valence-corrected chi connectivity index (χ1v) is 7.47. The molecule has 1 fully saturated rings. The van der Waals surface area contributed by atoms with E-state index in [0.717, 1.165) is 18.5 Å². The molecule has 0 aliphatic carbocycles. The Morgan fingerprint density at radius 2 is 2.20 bits per heavy atom. The zero-order chi connectivity index (χ0) is 14.7. The highest BCUT2D eigenvalue weighted by molar-refractivity contribution is 6.31. The smallest absolute Gasteiger partial charge is 0.237 e. The van der Waals surface area contributed by atoms with Crippen LogP contribution in [-0.2, 0) is 4.79 Å². The van der Waals surface area contributed by atoms with E-state index in [1.54, 1.807) is 0 Å². The molecule has 0 radical (unpaired) electrons. The van der Waals surface area contributed by atoms with Crippen molar-refractivity contribution in [1.29, 1.82) is 0 Å². The van der Waals surface area contributed by atoms with Gasteiger partial charge < -0.3 is 11.1 Å². The van der Waals surface area contributed by atoms with Gasteiger partial charge in [-0.05, 0) is 25.0 Å². The van der Waals surface area contributed by atoms with E-state index < -0.39 is 0 Å². The number of benzene rings is 1. The van der Waals surface area contributed by atoms with Crippen LogP contribution < -0.4 is 11.1 Å². The van der Waals surface area contributed by atoms with Crippen LogP contribution in [0.2, 0.25) is 5.02 Å². The van der Waals surface area contributed by atoms with E-state index in [9.17, 15) is 4.79 Å². The summed E-state index contributed by atoms with van der Waals surface area (Å²) in [4.78, 5) is 14.1. The van der Waals surface area contributed by atoms with Crippen LogP contribution in [0, 0.1) is 0 Å². The first-order valence-electron chi connectivity index (χ1n) is 7.09. The number of nitrogens with one attached hydrogen (secondary N) is 1. The molecule has 3 N–H and O–H groups in total. The molecule has 1 aromatic rings. The highest BCUT2D eigenvalue weighted by atomic mass is 35.5. The van der Waals surface area contributed by atoms with Crippen molar-refractivity contribution in [3.8, 4) is 0 Å². The fourth-order valence-corrected chi connectivity index (χ4v) is 3.02. The number of hydrogen-bond donors (Lipinski definition) is 2. The number of amides is 1. The normalized spacial score (nSPS) is 23.2. The standard InChI is InChI=1S/C15H22ClN3O/c1-3-13(17)14(11-6-4-5-7-12(11)16)19-9-8-18-15(20)10(19)2/h4-7,10,13-14H,3,8-9,17H2,1-2H3,(H,18,20). The van der Waals surface area contributed by atoms with Gasteiger partial charge in [-0.25, -0.2) is 0 Å². The highest BCUT2D eigenvalue weighted by Gasteiger charge is 2.35. The summed E-state index contributed by atoms with van der Waals surface area (Å²) in [6.45, 7) is 5.42. The van der Waals surface area contributed by atoms with E-state index in [1.165, 1.54) is 0 Å². The maximum Gasteiger partial charge on any atom is 0.237 e. The van der Waals surface area contributed by atoms with E-state index in [1.807, 2.05) is 31.2 Å². The first kappa shape index (κ1) is 15.3. The number of carbonyl (C=O) groups is 1. The monoisotopic (exact) mass is 295 g/mol. The Morgan fingerprint density at radius 1 is 1.50 bits per heavy atom. The Hall–Kier alpha value is -1.10. The minimum atomic E-state index is -0.192.